The van der Waals surface area contributed by atoms with Gasteiger partial charge in [-0.25, -0.2) is 0 Å². The number of carbonyl (C=O) groups excluding carboxylic acids is 2. The first kappa shape index (κ1) is 20.1. The molecule has 154 valence electrons. The predicted molar refractivity (Wildman–Crippen MR) is 117 cm³/mol. The van der Waals surface area contributed by atoms with Crippen molar-refractivity contribution in [2.45, 2.75) is 50.9 Å². The molecular weight excluding hydrogens is 380 g/mol. The maximum Gasteiger partial charge on any atom is 0.263 e. The van der Waals surface area contributed by atoms with E-state index in [2.05, 4.69) is 24.3 Å². The van der Waals surface area contributed by atoms with E-state index in [-0.39, 0.29) is 17.2 Å². The zero-order valence-electron chi connectivity index (χ0n) is 17.4. The molecule has 1 saturated heterocycles. The van der Waals surface area contributed by atoms with Crippen LogP contribution in [0.3, 0.4) is 0 Å². The SMILES string of the molecule is CCN(CC)C(=O)CC1CC2(CCN(C(=O)c3cccs3)CC2)c2ccccc21. The lowest BCUT2D eigenvalue weighted by Crippen LogP contribution is -2.44. The second kappa shape index (κ2) is 8.31. The van der Waals surface area contributed by atoms with Gasteiger partial charge in [0.2, 0.25) is 5.91 Å². The molecule has 1 fully saturated rings. The first-order chi connectivity index (χ1) is 14.1. The molecule has 4 nitrogen and oxygen atoms in total. The van der Waals surface area contributed by atoms with Gasteiger partial charge in [-0.15, -0.1) is 11.3 Å². The molecule has 1 aromatic heterocycles. The van der Waals surface area contributed by atoms with Crippen molar-refractivity contribution in [1.82, 2.24) is 9.80 Å². The molecule has 2 aliphatic rings. The molecular formula is C24H30N2O2S. The lowest BCUT2D eigenvalue weighted by atomic mass is 9.73. The van der Waals surface area contributed by atoms with Crippen molar-refractivity contribution in [3.05, 3.63) is 57.8 Å². The Morgan fingerprint density at radius 1 is 1.10 bits per heavy atom. The van der Waals surface area contributed by atoms with Crippen molar-refractivity contribution >= 4 is 23.2 Å². The summed E-state index contributed by atoms with van der Waals surface area (Å²) >= 11 is 1.52. The zero-order valence-corrected chi connectivity index (χ0v) is 18.2. The van der Waals surface area contributed by atoms with Gasteiger partial charge in [0, 0.05) is 32.6 Å². The van der Waals surface area contributed by atoms with E-state index in [0.29, 0.717) is 12.3 Å². The predicted octanol–water partition coefficient (Wildman–Crippen LogP) is 4.67. The number of hydrogen-bond donors (Lipinski definition) is 0. The van der Waals surface area contributed by atoms with Gasteiger partial charge >= 0.3 is 0 Å². The normalized spacial score (nSPS) is 19.9. The van der Waals surface area contributed by atoms with Crippen molar-refractivity contribution < 1.29 is 9.59 Å². The molecule has 1 atom stereocenters. The summed E-state index contributed by atoms with van der Waals surface area (Å²) in [4.78, 5) is 30.3. The molecule has 0 N–H and O–H groups in total. The van der Waals surface area contributed by atoms with Gasteiger partial charge in [0.05, 0.1) is 4.88 Å². The monoisotopic (exact) mass is 410 g/mol. The van der Waals surface area contributed by atoms with Gasteiger partial charge in [0.1, 0.15) is 0 Å². The molecule has 5 heteroatoms. The third-order valence-electron chi connectivity index (χ3n) is 6.89. The highest BCUT2D eigenvalue weighted by Gasteiger charge is 2.46. The second-order valence-corrected chi connectivity index (χ2v) is 9.26. The molecule has 1 aliphatic carbocycles. The summed E-state index contributed by atoms with van der Waals surface area (Å²) in [6.07, 6.45) is 3.59. The number of fused-ring (bicyclic) bond motifs is 2. The summed E-state index contributed by atoms with van der Waals surface area (Å²) in [6, 6.07) is 12.5. The standard InChI is InChI=1S/C24H30N2O2S/c1-3-25(4-2)22(27)16-18-17-24(20-9-6-5-8-19(18)20)11-13-26(14-12-24)23(28)21-10-7-15-29-21/h5-10,15,18H,3-4,11-14,16-17H2,1-2H3. The van der Waals surface area contributed by atoms with Gasteiger partial charge in [-0.05, 0) is 67.0 Å². The summed E-state index contributed by atoms with van der Waals surface area (Å²) in [6.45, 7) is 7.23. The van der Waals surface area contributed by atoms with Crippen LogP contribution in [-0.4, -0.2) is 47.8 Å². The Labute approximate surface area is 177 Å². The van der Waals surface area contributed by atoms with E-state index in [0.717, 1.165) is 50.3 Å². The fourth-order valence-corrected chi connectivity index (χ4v) is 5.98. The van der Waals surface area contributed by atoms with Crippen LogP contribution in [0.5, 0.6) is 0 Å². The Morgan fingerprint density at radius 3 is 2.48 bits per heavy atom. The highest BCUT2D eigenvalue weighted by Crippen LogP contribution is 2.52. The van der Waals surface area contributed by atoms with Gasteiger partial charge in [-0.1, -0.05) is 30.3 Å². The molecule has 0 saturated carbocycles. The number of thiophene rings is 1. The van der Waals surface area contributed by atoms with Gasteiger partial charge in [0.25, 0.3) is 5.91 Å². The maximum absolute atomic E-state index is 12.8. The number of carbonyl (C=O) groups is 2. The largest absolute Gasteiger partial charge is 0.343 e. The molecule has 1 spiro atoms. The van der Waals surface area contributed by atoms with E-state index in [1.165, 1.54) is 22.5 Å². The topological polar surface area (TPSA) is 40.6 Å². The Hall–Kier alpha value is -2.14. The van der Waals surface area contributed by atoms with Gasteiger partial charge in [-0.3, -0.25) is 9.59 Å². The number of benzene rings is 1. The van der Waals surface area contributed by atoms with Gasteiger partial charge < -0.3 is 9.80 Å². The first-order valence-electron chi connectivity index (χ1n) is 10.8. The number of hydrogen-bond acceptors (Lipinski definition) is 3. The van der Waals surface area contributed by atoms with E-state index in [9.17, 15) is 9.59 Å². The molecule has 0 bridgehead atoms. The number of amides is 2. The van der Waals surface area contributed by atoms with Gasteiger partial charge in [-0.2, -0.15) is 0 Å². The minimum absolute atomic E-state index is 0.108. The van der Waals surface area contributed by atoms with Crippen LogP contribution >= 0.6 is 11.3 Å². The smallest absolute Gasteiger partial charge is 0.263 e. The van der Waals surface area contributed by atoms with Crippen molar-refractivity contribution in [1.29, 1.82) is 0 Å². The van der Waals surface area contributed by atoms with Crippen LogP contribution in [-0.2, 0) is 10.2 Å². The first-order valence-corrected chi connectivity index (χ1v) is 11.7. The summed E-state index contributed by atoms with van der Waals surface area (Å²) in [5.74, 6) is 0.713. The molecule has 1 aromatic carbocycles. The third-order valence-corrected chi connectivity index (χ3v) is 7.74. The van der Waals surface area contributed by atoms with Crippen LogP contribution in [0, 0.1) is 0 Å². The lowest BCUT2D eigenvalue weighted by molar-refractivity contribution is -0.131. The summed E-state index contributed by atoms with van der Waals surface area (Å²) in [5, 5.41) is 1.96. The van der Waals surface area contributed by atoms with Crippen molar-refractivity contribution in [3.8, 4) is 0 Å². The summed E-state index contributed by atoms with van der Waals surface area (Å²) in [5.41, 5.74) is 2.88. The zero-order chi connectivity index (χ0) is 20.4. The summed E-state index contributed by atoms with van der Waals surface area (Å²) < 4.78 is 0. The number of likely N-dealkylation sites (tertiary alicyclic amines) is 1. The van der Waals surface area contributed by atoms with Crippen LogP contribution in [0.2, 0.25) is 0 Å². The average molecular weight is 411 g/mol. The lowest BCUT2D eigenvalue weighted by Gasteiger charge is -2.40. The molecule has 0 radical (unpaired) electrons. The van der Waals surface area contributed by atoms with E-state index < -0.39 is 0 Å². The van der Waals surface area contributed by atoms with Crippen LogP contribution in [0.25, 0.3) is 0 Å². The van der Waals surface area contributed by atoms with Crippen LogP contribution in [0.4, 0.5) is 0 Å². The van der Waals surface area contributed by atoms with Crippen LogP contribution in [0.1, 0.15) is 66.2 Å². The van der Waals surface area contributed by atoms with Crippen molar-refractivity contribution in [2.24, 2.45) is 0 Å². The minimum atomic E-state index is 0.108. The maximum atomic E-state index is 12.8. The Morgan fingerprint density at radius 2 is 1.83 bits per heavy atom. The molecule has 2 heterocycles. The third kappa shape index (κ3) is 3.73. The fraction of sp³-hybridized carbons (Fsp3) is 0.500. The minimum Gasteiger partial charge on any atom is -0.343 e. The Bertz CT molecular complexity index is 865. The molecule has 1 aliphatic heterocycles. The van der Waals surface area contributed by atoms with Crippen LogP contribution < -0.4 is 0 Å². The van der Waals surface area contributed by atoms with Crippen molar-refractivity contribution in [3.63, 3.8) is 0 Å². The van der Waals surface area contributed by atoms with E-state index in [4.69, 9.17) is 0 Å². The molecule has 2 amide bonds. The summed E-state index contributed by atoms with van der Waals surface area (Å²) in [7, 11) is 0. The molecule has 2 aromatic rings. The van der Waals surface area contributed by atoms with E-state index in [1.807, 2.05) is 41.2 Å². The highest BCUT2D eigenvalue weighted by atomic mass is 32.1. The van der Waals surface area contributed by atoms with E-state index >= 15 is 0 Å². The Kier molecular flexibility index (Phi) is 5.77. The Balaban J connectivity index is 1.50. The van der Waals surface area contributed by atoms with Gasteiger partial charge in [0.15, 0.2) is 0 Å². The molecule has 29 heavy (non-hydrogen) atoms. The van der Waals surface area contributed by atoms with E-state index in [1.54, 1.807) is 0 Å². The average Bonchev–Trinajstić information content (AvgIpc) is 3.37. The fourth-order valence-electron chi connectivity index (χ4n) is 5.29. The highest BCUT2D eigenvalue weighted by molar-refractivity contribution is 7.12. The second-order valence-electron chi connectivity index (χ2n) is 8.31. The number of piperidine rings is 1. The number of nitrogens with zero attached hydrogens (tertiary/aromatic N) is 2. The molecule has 1 unspecified atom stereocenters. The van der Waals surface area contributed by atoms with Crippen molar-refractivity contribution in [2.75, 3.05) is 26.2 Å². The molecule has 4 rings (SSSR count). The van der Waals surface area contributed by atoms with Crippen LogP contribution in [0.15, 0.2) is 41.8 Å². The number of rotatable bonds is 5. The quantitative estimate of drug-likeness (QED) is 0.719.